The van der Waals surface area contributed by atoms with Crippen molar-refractivity contribution >= 4 is 22.8 Å². The van der Waals surface area contributed by atoms with E-state index >= 15 is 0 Å². The van der Waals surface area contributed by atoms with Crippen molar-refractivity contribution in [3.05, 3.63) is 60.4 Å². The van der Waals surface area contributed by atoms with E-state index in [1.54, 1.807) is 30.5 Å². The molecule has 0 spiro atoms. The normalized spacial score (nSPS) is 13.3. The molecule has 1 aromatic carbocycles. The Morgan fingerprint density at radius 3 is 2.97 bits per heavy atom. The minimum atomic E-state index is -0.661. The second-order valence-electron chi connectivity index (χ2n) is 7.23. The molecule has 1 aliphatic carbocycles. The van der Waals surface area contributed by atoms with Crippen LogP contribution in [0, 0.1) is 0 Å². The van der Waals surface area contributed by atoms with Crippen LogP contribution in [0.4, 0.5) is 10.6 Å². The third-order valence-corrected chi connectivity index (χ3v) is 4.82. The maximum atomic E-state index is 12.2. The number of hydrogen-bond acceptors (Lipinski definition) is 8. The Bertz CT molecular complexity index is 1230. The lowest BCUT2D eigenvalue weighted by atomic mass is 10.2. The van der Waals surface area contributed by atoms with Gasteiger partial charge in [-0.2, -0.15) is 4.73 Å². The molecule has 0 aliphatic heterocycles. The summed E-state index contributed by atoms with van der Waals surface area (Å²) in [5.74, 6) is 2.60. The molecule has 4 aromatic rings. The molecular formula is C21H20N6O4. The molecule has 158 valence electrons. The van der Waals surface area contributed by atoms with Crippen LogP contribution in [-0.4, -0.2) is 33.0 Å². The lowest BCUT2D eigenvalue weighted by Gasteiger charge is -2.08. The molecular weight excluding hydrogens is 400 g/mol. The van der Waals surface area contributed by atoms with E-state index in [0.717, 1.165) is 29.7 Å². The summed E-state index contributed by atoms with van der Waals surface area (Å²) in [6, 6.07) is 10.7. The van der Waals surface area contributed by atoms with E-state index in [0.29, 0.717) is 35.4 Å². The monoisotopic (exact) mass is 420 g/mol. The molecule has 1 aliphatic rings. The van der Waals surface area contributed by atoms with Crippen molar-refractivity contribution in [2.45, 2.75) is 25.3 Å². The van der Waals surface area contributed by atoms with Crippen LogP contribution in [0.5, 0.6) is 11.6 Å². The van der Waals surface area contributed by atoms with Crippen LogP contribution in [-0.2, 0) is 6.54 Å². The first-order valence-corrected chi connectivity index (χ1v) is 9.88. The molecule has 0 bridgehead atoms. The molecule has 0 radical (unpaired) electrons. The molecule has 0 saturated heterocycles. The number of carbonyl (C=O) groups is 1. The predicted molar refractivity (Wildman–Crippen MR) is 111 cm³/mol. The van der Waals surface area contributed by atoms with Gasteiger partial charge in [0.25, 0.3) is 0 Å². The second-order valence-corrected chi connectivity index (χ2v) is 7.23. The Kier molecular flexibility index (Phi) is 4.97. The Balaban J connectivity index is 1.26. The maximum absolute atomic E-state index is 12.2. The van der Waals surface area contributed by atoms with Crippen molar-refractivity contribution in [1.82, 2.24) is 25.2 Å². The van der Waals surface area contributed by atoms with Gasteiger partial charge in [0, 0.05) is 36.2 Å². The number of aromatic nitrogens is 4. The van der Waals surface area contributed by atoms with Crippen molar-refractivity contribution in [1.29, 1.82) is 0 Å². The van der Waals surface area contributed by atoms with E-state index in [2.05, 4.69) is 25.8 Å². The van der Waals surface area contributed by atoms with Crippen LogP contribution in [0.15, 0.2) is 53.4 Å². The van der Waals surface area contributed by atoms with Crippen LogP contribution in [0.25, 0.3) is 10.9 Å². The molecule has 10 heteroatoms. The number of nitrogens with zero attached hydrogens (tertiary/aromatic N) is 4. The Hall–Kier alpha value is -3.92. The fraction of sp³-hybridized carbons (Fsp3) is 0.238. The Morgan fingerprint density at radius 1 is 1.23 bits per heavy atom. The molecule has 0 unspecified atom stereocenters. The molecule has 10 nitrogen and oxygen atoms in total. The van der Waals surface area contributed by atoms with Gasteiger partial charge in [-0.25, -0.2) is 14.8 Å². The number of amides is 1. The smallest absolute Gasteiger partial charge is 0.437 e. The minimum absolute atomic E-state index is 0.335. The third-order valence-electron chi connectivity index (χ3n) is 4.82. The number of fused-ring (bicyclic) bond motifs is 1. The highest BCUT2D eigenvalue weighted by molar-refractivity contribution is 5.86. The van der Waals surface area contributed by atoms with Gasteiger partial charge >= 0.3 is 6.09 Å². The zero-order valence-corrected chi connectivity index (χ0v) is 16.7. The van der Waals surface area contributed by atoms with Crippen LogP contribution in [0.2, 0.25) is 0 Å². The van der Waals surface area contributed by atoms with Crippen LogP contribution in [0.1, 0.15) is 30.2 Å². The van der Waals surface area contributed by atoms with Crippen molar-refractivity contribution in [2.24, 2.45) is 0 Å². The zero-order valence-electron chi connectivity index (χ0n) is 16.7. The van der Waals surface area contributed by atoms with Crippen LogP contribution >= 0.6 is 0 Å². The van der Waals surface area contributed by atoms with Gasteiger partial charge in [0.1, 0.15) is 17.8 Å². The summed E-state index contributed by atoms with van der Waals surface area (Å²) in [6.07, 6.45) is 4.64. The van der Waals surface area contributed by atoms with Crippen LogP contribution in [0.3, 0.4) is 0 Å². The zero-order chi connectivity index (χ0) is 21.2. The van der Waals surface area contributed by atoms with Crippen molar-refractivity contribution in [2.75, 3.05) is 12.4 Å². The highest BCUT2D eigenvalue weighted by Gasteiger charge is 2.28. The van der Waals surface area contributed by atoms with Gasteiger partial charge in [0.2, 0.25) is 5.88 Å². The molecule has 3 aromatic heterocycles. The number of carbonyl (C=O) groups excluding carboxylic acids is 1. The third kappa shape index (κ3) is 4.33. The van der Waals surface area contributed by atoms with E-state index in [9.17, 15) is 4.79 Å². The average Bonchev–Trinajstić information content (AvgIpc) is 3.39. The topological polar surface area (TPSA) is 116 Å². The summed E-state index contributed by atoms with van der Waals surface area (Å²) >= 11 is 0. The standard InChI is InChI=1S/C21H20N6O4/c1-22-11-15-9-20(24-12-23-15)29-16-4-5-17-14(8-16)6-7-27(17)31-21(28)25-19-10-18(30-26-19)13-2-3-13/h4-10,12-13,22H,2-3,11H2,1H3,(H,25,26,28). The van der Waals surface area contributed by atoms with Gasteiger partial charge in [-0.1, -0.05) is 5.16 Å². The van der Waals surface area contributed by atoms with Crippen molar-refractivity contribution < 1.29 is 18.9 Å². The SMILES string of the molecule is CNCc1cc(Oc2ccc3c(ccn3OC(=O)Nc3cc(C4CC4)on3)c2)ncn1. The van der Waals surface area contributed by atoms with E-state index < -0.39 is 6.09 Å². The Morgan fingerprint density at radius 2 is 2.13 bits per heavy atom. The predicted octanol–water partition coefficient (Wildman–Crippen LogP) is 3.47. The van der Waals surface area contributed by atoms with Crippen LogP contribution < -0.4 is 20.2 Å². The first-order valence-electron chi connectivity index (χ1n) is 9.88. The fourth-order valence-electron chi connectivity index (χ4n) is 3.19. The van der Waals surface area contributed by atoms with Crippen molar-refractivity contribution in [3.63, 3.8) is 0 Å². The number of ether oxygens (including phenoxy) is 1. The second kappa shape index (κ2) is 8.07. The van der Waals surface area contributed by atoms with Gasteiger partial charge in [0.05, 0.1) is 11.2 Å². The van der Waals surface area contributed by atoms with Gasteiger partial charge in [-0.3, -0.25) is 5.32 Å². The van der Waals surface area contributed by atoms with Gasteiger partial charge < -0.3 is 19.4 Å². The molecule has 1 fully saturated rings. The first-order chi connectivity index (χ1) is 15.2. The number of rotatable bonds is 7. The largest absolute Gasteiger partial charge is 0.439 e. The quantitative estimate of drug-likeness (QED) is 0.467. The summed E-state index contributed by atoms with van der Waals surface area (Å²) in [5.41, 5.74) is 1.54. The molecule has 31 heavy (non-hydrogen) atoms. The highest BCUT2D eigenvalue weighted by atomic mass is 16.7. The van der Waals surface area contributed by atoms with E-state index in [1.807, 2.05) is 19.2 Å². The molecule has 0 atom stereocenters. The maximum Gasteiger partial charge on any atom is 0.437 e. The summed E-state index contributed by atoms with van der Waals surface area (Å²) in [6.45, 7) is 0.621. The number of hydrogen-bond donors (Lipinski definition) is 2. The lowest BCUT2D eigenvalue weighted by molar-refractivity contribution is 0.153. The van der Waals surface area contributed by atoms with Gasteiger partial charge in [-0.05, 0) is 44.2 Å². The lowest BCUT2D eigenvalue weighted by Crippen LogP contribution is -2.24. The van der Waals surface area contributed by atoms with E-state index in [1.165, 1.54) is 11.1 Å². The highest BCUT2D eigenvalue weighted by Crippen LogP contribution is 2.40. The number of benzene rings is 1. The molecule has 2 N–H and O–H groups in total. The van der Waals surface area contributed by atoms with E-state index in [4.69, 9.17) is 14.1 Å². The molecule has 1 amide bonds. The van der Waals surface area contributed by atoms with Gasteiger partial charge in [0.15, 0.2) is 5.82 Å². The summed E-state index contributed by atoms with van der Waals surface area (Å²) in [5, 5.41) is 10.3. The average molecular weight is 420 g/mol. The first kappa shape index (κ1) is 19.1. The minimum Gasteiger partial charge on any atom is -0.439 e. The van der Waals surface area contributed by atoms with E-state index in [-0.39, 0.29) is 0 Å². The van der Waals surface area contributed by atoms with Crippen molar-refractivity contribution in [3.8, 4) is 11.6 Å². The summed E-state index contributed by atoms with van der Waals surface area (Å²) in [7, 11) is 1.85. The Labute approximate surface area is 177 Å². The molecule has 3 heterocycles. The molecule has 5 rings (SSSR count). The number of anilines is 1. The molecule has 1 saturated carbocycles. The number of nitrogens with one attached hydrogen (secondary N) is 2. The van der Waals surface area contributed by atoms with Gasteiger partial charge in [-0.15, -0.1) is 0 Å². The summed E-state index contributed by atoms with van der Waals surface area (Å²) < 4.78 is 12.4. The fourth-order valence-corrected chi connectivity index (χ4v) is 3.19. The summed E-state index contributed by atoms with van der Waals surface area (Å²) in [4.78, 5) is 25.9.